The van der Waals surface area contributed by atoms with Crippen molar-refractivity contribution in [3.8, 4) is 0 Å². The van der Waals surface area contributed by atoms with Crippen molar-refractivity contribution >= 4 is 24.6 Å². The van der Waals surface area contributed by atoms with E-state index >= 15 is 0 Å². The third-order valence-corrected chi connectivity index (χ3v) is 7.61. The van der Waals surface area contributed by atoms with Gasteiger partial charge in [0.1, 0.15) is 11.6 Å². The van der Waals surface area contributed by atoms with Crippen molar-refractivity contribution in [2.45, 2.75) is 118 Å². The summed E-state index contributed by atoms with van der Waals surface area (Å²) < 4.78 is 0. The van der Waals surface area contributed by atoms with E-state index in [0.29, 0.717) is 30.6 Å². The minimum atomic E-state index is 0.391. The van der Waals surface area contributed by atoms with Gasteiger partial charge in [0.25, 0.3) is 0 Å². The largest absolute Gasteiger partial charge is 0.353 e. The normalized spacial score (nSPS) is 16.4. The number of hydrogen-bond donors (Lipinski definition) is 0. The number of anilines is 1. The minimum absolute atomic E-state index is 0.391. The number of aryl methyl sites for hydroxylation is 1. The topological polar surface area (TPSA) is 46.1 Å². The van der Waals surface area contributed by atoms with Crippen molar-refractivity contribution in [3.63, 3.8) is 0 Å². The quantitative estimate of drug-likeness (QED) is 0.272. The average molecular weight is 490 g/mol. The van der Waals surface area contributed by atoms with Crippen LogP contribution in [0, 0.1) is 12.8 Å². The first-order valence-electron chi connectivity index (χ1n) is 14.5. The Morgan fingerprint density at radius 1 is 1.14 bits per heavy atom. The molecule has 0 aromatic carbocycles. The number of hydrogen-bond acceptors (Lipinski definition) is 4. The van der Waals surface area contributed by atoms with Crippen LogP contribution < -0.4 is 10.6 Å². The van der Waals surface area contributed by atoms with E-state index in [2.05, 4.69) is 57.7 Å². The number of nitrogens with zero attached hydrogens (tertiary/aromatic N) is 3. The molecule has 1 saturated carbocycles. The molecule has 3 rings (SSSR count). The van der Waals surface area contributed by atoms with Crippen LogP contribution >= 0.6 is 0 Å². The lowest BCUT2D eigenvalue weighted by Crippen LogP contribution is -2.38. The molecular weight excluding hydrogens is 441 g/mol. The van der Waals surface area contributed by atoms with Crippen LogP contribution in [0.5, 0.6) is 0 Å². The predicted octanol–water partition coefficient (Wildman–Crippen LogP) is 6.73. The van der Waals surface area contributed by atoms with Crippen LogP contribution in [0.4, 0.5) is 5.82 Å². The molecule has 0 atom stereocenters. The Labute approximate surface area is 221 Å². The van der Waals surface area contributed by atoms with Gasteiger partial charge >= 0.3 is 0 Å². The number of aromatic nitrogens is 2. The zero-order valence-corrected chi connectivity index (χ0v) is 23.6. The Morgan fingerprint density at radius 3 is 2.64 bits per heavy atom. The van der Waals surface area contributed by atoms with Gasteiger partial charge in [-0.05, 0) is 58.3 Å². The van der Waals surface area contributed by atoms with Crippen molar-refractivity contribution in [2.75, 3.05) is 11.4 Å². The van der Waals surface area contributed by atoms with E-state index < -0.39 is 0 Å². The van der Waals surface area contributed by atoms with Crippen molar-refractivity contribution in [1.82, 2.24) is 9.97 Å². The fraction of sp³-hybridized carbons (Fsp3) is 0.645. The second kappa shape index (κ2) is 14.5. The highest BCUT2D eigenvalue weighted by Crippen LogP contribution is 2.29. The number of allylic oxidation sites excluding steroid dienone is 6. The average Bonchev–Trinajstić information content (AvgIpc) is 3.31. The molecule has 1 heterocycles. The van der Waals surface area contributed by atoms with Gasteiger partial charge in [-0.3, -0.25) is 9.78 Å². The molecule has 0 unspecified atom stereocenters. The highest BCUT2D eigenvalue weighted by Gasteiger charge is 2.26. The summed E-state index contributed by atoms with van der Waals surface area (Å²) in [6.45, 7) is 11.8. The van der Waals surface area contributed by atoms with E-state index in [1.54, 1.807) is 0 Å². The Bertz CT molecular complexity index is 957. The summed E-state index contributed by atoms with van der Waals surface area (Å²) in [6.07, 6.45) is 21.9. The van der Waals surface area contributed by atoms with E-state index in [1.807, 2.05) is 6.20 Å². The van der Waals surface area contributed by atoms with Crippen LogP contribution in [0.15, 0.2) is 41.0 Å². The summed E-state index contributed by atoms with van der Waals surface area (Å²) in [5.41, 5.74) is 6.25. The maximum absolute atomic E-state index is 12.7. The smallest absolute Gasteiger partial charge is 0.236 e. The molecule has 5 heteroatoms. The molecule has 0 aliphatic heterocycles. The number of carbonyl (C=O) groups excluding carboxylic acids is 1. The van der Waals surface area contributed by atoms with Gasteiger partial charge in [0.2, 0.25) is 7.28 Å². The second-order valence-corrected chi connectivity index (χ2v) is 11.5. The standard InChI is InChI=1S/C31H48BN3O/c1-6-7-12-26-20-24(4)16-17-27(21-26)32-31-33-22-25(5)30(34-31)35(28-13-8-9-14-28)19-18-29(36)15-10-11-23(2)3/h16-17,20,22-23,28,32H,6-15,18-19,21H2,1-5H3. The van der Waals surface area contributed by atoms with Crippen molar-refractivity contribution in [3.05, 3.63) is 46.6 Å². The third-order valence-electron chi connectivity index (χ3n) is 7.61. The van der Waals surface area contributed by atoms with Gasteiger partial charge in [-0.25, -0.2) is 4.98 Å². The first kappa shape index (κ1) is 28.4. The van der Waals surface area contributed by atoms with Gasteiger partial charge in [-0.15, -0.1) is 0 Å². The number of unbranched alkanes of at least 4 members (excludes halogenated alkanes) is 1. The molecule has 0 bridgehead atoms. The molecule has 36 heavy (non-hydrogen) atoms. The maximum atomic E-state index is 12.7. The van der Waals surface area contributed by atoms with Gasteiger partial charge in [0.15, 0.2) is 0 Å². The molecule has 1 aromatic rings. The number of Topliss-reactive ketones (excluding diaryl/α,β-unsaturated/α-hetero) is 1. The van der Waals surface area contributed by atoms with Crippen LogP contribution in [-0.2, 0) is 4.79 Å². The highest BCUT2D eigenvalue weighted by molar-refractivity contribution is 6.59. The van der Waals surface area contributed by atoms with E-state index in [0.717, 1.165) is 50.2 Å². The molecule has 196 valence electrons. The first-order chi connectivity index (χ1) is 17.4. The Morgan fingerprint density at radius 2 is 1.92 bits per heavy atom. The molecule has 4 nitrogen and oxygen atoms in total. The monoisotopic (exact) mass is 489 g/mol. The van der Waals surface area contributed by atoms with Crippen molar-refractivity contribution < 1.29 is 4.79 Å². The SMILES string of the molecule is CCCCC1=CC(C)=CC=C(Bc2ncc(C)c(N(CCC(=O)CCCC(C)C)C3CCCC3)n2)C1. The van der Waals surface area contributed by atoms with Crippen LogP contribution in [0.3, 0.4) is 0 Å². The molecule has 0 saturated heterocycles. The van der Waals surface area contributed by atoms with Gasteiger partial charge in [0.05, 0.1) is 5.72 Å². The van der Waals surface area contributed by atoms with E-state index in [1.165, 1.54) is 61.6 Å². The van der Waals surface area contributed by atoms with Crippen molar-refractivity contribution in [1.29, 1.82) is 0 Å². The lowest BCUT2D eigenvalue weighted by Gasteiger charge is -2.31. The van der Waals surface area contributed by atoms with Gasteiger partial charge in [-0.2, -0.15) is 0 Å². The molecule has 0 radical (unpaired) electrons. The van der Waals surface area contributed by atoms with E-state index in [-0.39, 0.29) is 0 Å². The fourth-order valence-corrected chi connectivity index (χ4v) is 5.51. The van der Waals surface area contributed by atoms with Crippen LogP contribution in [-0.4, -0.2) is 35.6 Å². The predicted molar refractivity (Wildman–Crippen MR) is 156 cm³/mol. The van der Waals surface area contributed by atoms with E-state index in [4.69, 9.17) is 9.97 Å². The summed E-state index contributed by atoms with van der Waals surface area (Å²) in [7, 11) is 0.785. The van der Waals surface area contributed by atoms with Crippen LogP contribution in [0.1, 0.15) is 110 Å². The molecule has 1 fully saturated rings. The fourth-order valence-electron chi connectivity index (χ4n) is 5.51. The van der Waals surface area contributed by atoms with Gasteiger partial charge in [0, 0.05) is 37.2 Å². The maximum Gasteiger partial charge on any atom is 0.236 e. The summed E-state index contributed by atoms with van der Waals surface area (Å²) in [6, 6.07) is 0.487. The Kier molecular flexibility index (Phi) is 11.5. The summed E-state index contributed by atoms with van der Waals surface area (Å²) in [4.78, 5) is 25.0. The lowest BCUT2D eigenvalue weighted by molar-refractivity contribution is -0.119. The minimum Gasteiger partial charge on any atom is -0.353 e. The Balaban J connectivity index is 1.73. The highest BCUT2D eigenvalue weighted by atomic mass is 16.1. The first-order valence-corrected chi connectivity index (χ1v) is 14.5. The second-order valence-electron chi connectivity index (χ2n) is 11.5. The molecule has 0 amide bonds. The van der Waals surface area contributed by atoms with Crippen molar-refractivity contribution in [2.24, 2.45) is 5.92 Å². The third kappa shape index (κ3) is 9.05. The molecular formula is C31H48BN3O. The molecule has 1 aromatic heterocycles. The number of carbonyl (C=O) groups is 1. The molecule has 0 N–H and O–H groups in total. The molecule has 2 aliphatic carbocycles. The summed E-state index contributed by atoms with van der Waals surface area (Å²) in [5, 5.41) is 0. The van der Waals surface area contributed by atoms with E-state index in [9.17, 15) is 4.79 Å². The summed E-state index contributed by atoms with van der Waals surface area (Å²) >= 11 is 0. The van der Waals surface area contributed by atoms with Gasteiger partial charge < -0.3 is 4.90 Å². The number of ketones is 1. The zero-order chi connectivity index (χ0) is 25.9. The summed E-state index contributed by atoms with van der Waals surface area (Å²) in [5.74, 6) is 2.10. The zero-order valence-electron chi connectivity index (χ0n) is 23.6. The Hall–Kier alpha value is -2.17. The number of rotatable bonds is 14. The van der Waals surface area contributed by atoms with Crippen LogP contribution in [0.25, 0.3) is 0 Å². The van der Waals surface area contributed by atoms with Crippen LogP contribution in [0.2, 0.25) is 0 Å². The lowest BCUT2D eigenvalue weighted by atomic mass is 9.66. The van der Waals surface area contributed by atoms with Gasteiger partial charge in [-0.1, -0.05) is 81.3 Å². The molecule has 0 spiro atoms. The molecule has 2 aliphatic rings.